The number of aryl methyl sites for hydroxylation is 2. The maximum Gasteiger partial charge on any atom is 0.332 e. The zero-order valence-corrected chi connectivity index (χ0v) is 8.55. The van der Waals surface area contributed by atoms with Gasteiger partial charge in [0.2, 0.25) is 0 Å². The van der Waals surface area contributed by atoms with Crippen molar-refractivity contribution in [1.29, 1.82) is 0 Å². The van der Waals surface area contributed by atoms with Crippen LogP contribution in [0.4, 0.5) is 0 Å². The number of imidazole rings is 1. The summed E-state index contributed by atoms with van der Waals surface area (Å²) in [7, 11) is 2.85. The van der Waals surface area contributed by atoms with Crippen LogP contribution in [-0.2, 0) is 14.1 Å². The molecule has 0 aromatic carbocycles. The van der Waals surface area contributed by atoms with Crippen LogP contribution in [0.1, 0.15) is 5.82 Å². The Kier molecular flexibility index (Phi) is 1.72. The Balaban J connectivity index is 3.23. The van der Waals surface area contributed by atoms with E-state index in [0.29, 0.717) is 4.73 Å². The van der Waals surface area contributed by atoms with Gasteiger partial charge in [-0.15, -0.1) is 0 Å². The molecule has 80 valence electrons. The molecule has 15 heavy (non-hydrogen) atoms. The number of hydrogen-bond donors (Lipinski definition) is 1. The first-order chi connectivity index (χ1) is 6.95. The van der Waals surface area contributed by atoms with Gasteiger partial charge in [0.05, 0.1) is 0 Å². The maximum absolute atomic E-state index is 11.7. The Labute approximate surface area is 83.8 Å². The van der Waals surface area contributed by atoms with Gasteiger partial charge in [0.15, 0.2) is 11.2 Å². The van der Waals surface area contributed by atoms with E-state index in [4.69, 9.17) is 0 Å². The molecule has 0 radical (unpaired) electrons. The zero-order chi connectivity index (χ0) is 11.3. The van der Waals surface area contributed by atoms with Crippen molar-refractivity contribution in [3.63, 3.8) is 0 Å². The first-order valence-corrected chi connectivity index (χ1v) is 4.29. The largest absolute Gasteiger partial charge is 0.426 e. The minimum absolute atomic E-state index is 0.0112. The van der Waals surface area contributed by atoms with Crippen molar-refractivity contribution in [2.75, 3.05) is 0 Å². The maximum atomic E-state index is 11.7. The molecule has 1 N–H and O–H groups in total. The topological polar surface area (TPSA) is 82.0 Å². The number of aromatic nitrogens is 4. The van der Waals surface area contributed by atoms with Gasteiger partial charge in [-0.25, -0.2) is 9.78 Å². The molecule has 0 fully saturated rings. The third-order valence-corrected chi connectivity index (χ3v) is 2.40. The van der Waals surface area contributed by atoms with Crippen LogP contribution in [0, 0.1) is 6.92 Å². The summed E-state index contributed by atoms with van der Waals surface area (Å²) in [6.45, 7) is 1.55. The summed E-state index contributed by atoms with van der Waals surface area (Å²) in [5, 5.41) is 9.54. The summed E-state index contributed by atoms with van der Waals surface area (Å²) in [5.74, 6) is 0.267. The number of fused-ring (bicyclic) bond motifs is 1. The number of nitrogens with zero attached hydrogens (tertiary/aromatic N) is 4. The molecular formula is C8H10N4O3. The molecule has 0 unspecified atom stereocenters. The molecule has 0 aliphatic carbocycles. The average Bonchev–Trinajstić information content (AvgIpc) is 2.50. The first-order valence-electron chi connectivity index (χ1n) is 4.29. The second-order valence-corrected chi connectivity index (χ2v) is 3.35. The van der Waals surface area contributed by atoms with Gasteiger partial charge in [0.1, 0.15) is 5.82 Å². The number of rotatable bonds is 0. The molecule has 0 aliphatic heterocycles. The molecule has 0 aliphatic rings. The molecule has 2 heterocycles. The molecule has 0 saturated carbocycles. The lowest BCUT2D eigenvalue weighted by atomic mass is 10.5. The Morgan fingerprint density at radius 2 is 1.80 bits per heavy atom. The Bertz CT molecular complexity index is 661. The predicted octanol–water partition coefficient (Wildman–Crippen LogP) is -1.02. The van der Waals surface area contributed by atoms with Gasteiger partial charge in [-0.2, -0.15) is 4.73 Å². The van der Waals surface area contributed by atoms with Crippen LogP contribution < -0.4 is 11.2 Å². The minimum Gasteiger partial charge on any atom is -0.426 e. The average molecular weight is 210 g/mol. The second-order valence-electron chi connectivity index (χ2n) is 3.35. The molecule has 0 atom stereocenters. The summed E-state index contributed by atoms with van der Waals surface area (Å²) < 4.78 is 2.84. The van der Waals surface area contributed by atoms with Crippen molar-refractivity contribution in [3.8, 4) is 0 Å². The van der Waals surface area contributed by atoms with E-state index in [1.807, 2.05) is 0 Å². The van der Waals surface area contributed by atoms with E-state index in [1.165, 1.54) is 18.7 Å². The van der Waals surface area contributed by atoms with Gasteiger partial charge >= 0.3 is 5.69 Å². The smallest absolute Gasteiger partial charge is 0.332 e. The Morgan fingerprint density at radius 1 is 1.20 bits per heavy atom. The van der Waals surface area contributed by atoms with Gasteiger partial charge < -0.3 is 5.21 Å². The van der Waals surface area contributed by atoms with Crippen molar-refractivity contribution in [3.05, 3.63) is 26.7 Å². The highest BCUT2D eigenvalue weighted by molar-refractivity contribution is 5.70. The van der Waals surface area contributed by atoms with E-state index in [9.17, 15) is 14.8 Å². The zero-order valence-electron chi connectivity index (χ0n) is 8.55. The molecule has 7 heteroatoms. The normalized spacial score (nSPS) is 11.1. The van der Waals surface area contributed by atoms with Gasteiger partial charge in [0, 0.05) is 14.1 Å². The van der Waals surface area contributed by atoms with E-state index in [1.54, 1.807) is 6.92 Å². The quantitative estimate of drug-likeness (QED) is 0.564. The van der Waals surface area contributed by atoms with Crippen molar-refractivity contribution >= 4 is 11.2 Å². The fraction of sp³-hybridized carbons (Fsp3) is 0.375. The lowest BCUT2D eigenvalue weighted by Crippen LogP contribution is -2.37. The van der Waals surface area contributed by atoms with Crippen LogP contribution in [-0.4, -0.2) is 24.1 Å². The third kappa shape index (κ3) is 1.03. The van der Waals surface area contributed by atoms with E-state index >= 15 is 0 Å². The number of hydrogen-bond acceptors (Lipinski definition) is 4. The fourth-order valence-electron chi connectivity index (χ4n) is 1.49. The monoisotopic (exact) mass is 210 g/mol. The SMILES string of the molecule is Cc1nc2c(c(=O)n(C)c(=O)n2C)n1O. The fourth-order valence-corrected chi connectivity index (χ4v) is 1.49. The van der Waals surface area contributed by atoms with Crippen molar-refractivity contribution in [2.24, 2.45) is 14.1 Å². The molecule has 0 spiro atoms. The molecule has 0 saturated heterocycles. The molecule has 0 bridgehead atoms. The van der Waals surface area contributed by atoms with Crippen LogP contribution in [0.25, 0.3) is 11.2 Å². The van der Waals surface area contributed by atoms with Crippen molar-refractivity contribution < 1.29 is 5.21 Å². The second kappa shape index (κ2) is 2.72. The van der Waals surface area contributed by atoms with E-state index < -0.39 is 11.2 Å². The van der Waals surface area contributed by atoms with E-state index in [-0.39, 0.29) is 17.0 Å². The minimum atomic E-state index is -0.559. The van der Waals surface area contributed by atoms with Gasteiger partial charge in [-0.3, -0.25) is 13.9 Å². The highest BCUT2D eigenvalue weighted by atomic mass is 16.5. The van der Waals surface area contributed by atoms with Crippen molar-refractivity contribution in [1.82, 2.24) is 18.8 Å². The summed E-state index contributed by atoms with van der Waals surface area (Å²) in [5.41, 5.74) is -0.831. The van der Waals surface area contributed by atoms with E-state index in [0.717, 1.165) is 4.57 Å². The summed E-state index contributed by atoms with van der Waals surface area (Å²) in [4.78, 5) is 27.1. The lowest BCUT2D eigenvalue weighted by molar-refractivity contribution is 0.190. The van der Waals surface area contributed by atoms with Crippen LogP contribution >= 0.6 is 0 Å². The van der Waals surface area contributed by atoms with Gasteiger partial charge in [0.25, 0.3) is 5.56 Å². The lowest BCUT2D eigenvalue weighted by Gasteiger charge is -2.02. The van der Waals surface area contributed by atoms with Crippen molar-refractivity contribution in [2.45, 2.75) is 6.92 Å². The summed E-state index contributed by atoms with van der Waals surface area (Å²) >= 11 is 0. The summed E-state index contributed by atoms with van der Waals surface area (Å²) in [6, 6.07) is 0. The molecule has 7 nitrogen and oxygen atoms in total. The molecule has 2 aromatic heterocycles. The standard InChI is InChI=1S/C8H10N4O3/c1-4-9-6-5(12(4)15)7(13)11(3)8(14)10(6)2/h15H,1-3H3. The molecule has 2 aromatic rings. The van der Waals surface area contributed by atoms with Gasteiger partial charge in [-0.05, 0) is 6.92 Å². The molecule has 2 rings (SSSR count). The van der Waals surface area contributed by atoms with Crippen LogP contribution in [0.15, 0.2) is 9.59 Å². The van der Waals surface area contributed by atoms with Gasteiger partial charge in [-0.1, -0.05) is 0 Å². The predicted molar refractivity (Wildman–Crippen MR) is 52.1 cm³/mol. The highest BCUT2D eigenvalue weighted by Crippen LogP contribution is 2.06. The van der Waals surface area contributed by atoms with Crippen LogP contribution in [0.3, 0.4) is 0 Å². The Morgan fingerprint density at radius 3 is 2.40 bits per heavy atom. The van der Waals surface area contributed by atoms with Crippen LogP contribution in [0.5, 0.6) is 0 Å². The Hall–Kier alpha value is -2.05. The molecule has 0 amide bonds. The third-order valence-electron chi connectivity index (χ3n) is 2.40. The summed E-state index contributed by atoms with van der Waals surface area (Å²) in [6.07, 6.45) is 0. The highest BCUT2D eigenvalue weighted by Gasteiger charge is 2.16. The van der Waals surface area contributed by atoms with Crippen LogP contribution in [0.2, 0.25) is 0 Å². The van der Waals surface area contributed by atoms with E-state index in [2.05, 4.69) is 4.98 Å². The molecular weight excluding hydrogens is 200 g/mol. The first kappa shape index (κ1) is 9.50.